The van der Waals surface area contributed by atoms with Crippen LogP contribution in [0.4, 0.5) is 17.6 Å². The van der Waals surface area contributed by atoms with E-state index in [4.69, 9.17) is 4.74 Å². The van der Waals surface area contributed by atoms with Crippen LogP contribution in [0.25, 0.3) is 0 Å². The van der Waals surface area contributed by atoms with Gasteiger partial charge in [-0.1, -0.05) is 0 Å². The van der Waals surface area contributed by atoms with E-state index in [1.54, 1.807) is 0 Å². The molecule has 0 radical (unpaired) electrons. The summed E-state index contributed by atoms with van der Waals surface area (Å²) in [6.45, 7) is 4.50. The van der Waals surface area contributed by atoms with Crippen molar-refractivity contribution in [3.05, 3.63) is 29.3 Å². The van der Waals surface area contributed by atoms with Gasteiger partial charge in [0.2, 0.25) is 0 Å². The second-order valence-electron chi connectivity index (χ2n) is 3.92. The van der Waals surface area contributed by atoms with Crippen molar-refractivity contribution in [3.63, 3.8) is 0 Å². The summed E-state index contributed by atoms with van der Waals surface area (Å²) >= 11 is 0. The number of benzene rings is 1. The van der Waals surface area contributed by atoms with E-state index in [-0.39, 0.29) is 0 Å². The van der Waals surface area contributed by atoms with Crippen molar-refractivity contribution in [1.29, 1.82) is 0 Å². The smallest absolute Gasteiger partial charge is 0.0978 e. The van der Waals surface area contributed by atoms with Crippen LogP contribution in [0.15, 0.2) is 0 Å². The Morgan fingerprint density at radius 1 is 0.938 bits per heavy atom. The van der Waals surface area contributed by atoms with Gasteiger partial charge < -0.3 is 4.74 Å². The molecule has 0 saturated heterocycles. The minimum Gasteiger partial charge on any atom is -0.508 e. The fourth-order valence-electron chi connectivity index (χ4n) is 0.898. The molecule has 86 valence electrons. The molecule has 0 spiro atoms. The monoisotopic (exact) mass is 492 g/mol. The van der Waals surface area contributed by atoms with Crippen molar-refractivity contribution in [1.82, 2.24) is 0 Å². The molecule has 1 aromatic carbocycles. The molecule has 16 heavy (non-hydrogen) atoms. The van der Waals surface area contributed by atoms with E-state index in [0.29, 0.717) is 0 Å². The molecule has 0 aromatic heterocycles. The van der Waals surface area contributed by atoms with Gasteiger partial charge in [-0.05, 0) is 20.8 Å². The molecule has 0 aliphatic heterocycles. The zero-order valence-electron chi connectivity index (χ0n) is 9.13. The summed E-state index contributed by atoms with van der Waals surface area (Å²) in [7, 11) is 0. The van der Waals surface area contributed by atoms with Crippen LogP contribution >= 0.6 is 0 Å². The Morgan fingerprint density at radius 3 is 1.62 bits per heavy atom. The van der Waals surface area contributed by atoms with Crippen molar-refractivity contribution < 1.29 is 22.3 Å². The molecule has 1 rings (SSSR count). The van der Waals surface area contributed by atoms with Crippen LogP contribution in [0.3, 0.4) is 0 Å². The average Bonchev–Trinajstić information content (AvgIpc) is 2.08. The second kappa shape index (κ2) is 4.08. The molecule has 1 nitrogen and oxygen atoms in total. The van der Waals surface area contributed by atoms with Crippen LogP contribution in [-0.4, -0.2) is 5.60 Å². The normalized spacial score (nSPS) is 10.9. The SMILES string of the molecule is CC(C)(C)Oc1c(F)c(F)[c-]c(F)c1F.[Sg]. The molecule has 0 aliphatic rings. The van der Waals surface area contributed by atoms with Gasteiger partial charge in [0.25, 0.3) is 0 Å². The maximum Gasteiger partial charge on any atom is 0.0978 e. The topological polar surface area (TPSA) is 9.23 Å². The van der Waals surface area contributed by atoms with E-state index in [9.17, 15) is 17.6 Å². The summed E-state index contributed by atoms with van der Waals surface area (Å²) < 4.78 is 56.2. The second-order valence-corrected chi connectivity index (χ2v) is 3.92. The van der Waals surface area contributed by atoms with E-state index >= 15 is 0 Å². The van der Waals surface area contributed by atoms with Gasteiger partial charge in [-0.15, -0.1) is 6.07 Å². The minimum atomic E-state index is -1.60. The Hall–Kier alpha value is -2.26. The molecule has 0 fully saturated rings. The fraction of sp³-hybridized carbons (Fsp3) is 0.400. The van der Waals surface area contributed by atoms with Crippen LogP contribution in [0.2, 0.25) is 0 Å². The molecule has 0 saturated carbocycles. The predicted octanol–water partition coefficient (Wildman–Crippen LogP) is 3.22. The molecule has 1 aromatic rings. The molecule has 0 N–H and O–H groups in total. The summed E-state index contributed by atoms with van der Waals surface area (Å²) in [5, 5.41) is 0. The Morgan fingerprint density at radius 2 is 1.31 bits per heavy atom. The summed E-state index contributed by atoms with van der Waals surface area (Å²) in [6.07, 6.45) is 0. The number of halogens is 4. The van der Waals surface area contributed by atoms with E-state index < -0.39 is 34.6 Å². The van der Waals surface area contributed by atoms with Gasteiger partial charge >= 0.3 is 0 Å². The molecule has 6 heteroatoms. The third kappa shape index (κ3) is 2.62. The average molecular weight is 490 g/mol. The largest absolute Gasteiger partial charge is 0.508 e. The maximum atomic E-state index is 13.0. The summed E-state index contributed by atoms with van der Waals surface area (Å²) in [5.41, 5.74) is -0.956. The molecule has 0 amide bonds. The summed E-state index contributed by atoms with van der Waals surface area (Å²) in [6, 6.07) is 1.27. The Balaban J connectivity index is 0.00000225. The first kappa shape index (κ1) is 13.7. The quantitative estimate of drug-likeness (QED) is 0.334. The van der Waals surface area contributed by atoms with Gasteiger partial charge in [0, 0.05) is 0 Å². The molecule has 0 unspecified atom stereocenters. The minimum absolute atomic E-state index is 0. The predicted molar refractivity (Wildman–Crippen MR) is 45.5 cm³/mol. The zero-order chi connectivity index (χ0) is 11.8. The van der Waals surface area contributed by atoms with E-state index in [1.165, 1.54) is 26.8 Å². The zero-order valence-corrected chi connectivity index (χ0v) is 15.6. The van der Waals surface area contributed by atoms with Gasteiger partial charge in [0.1, 0.15) is 0 Å². The summed E-state index contributed by atoms with van der Waals surface area (Å²) in [5.74, 6) is -7.43. The number of hydrogen-bond donors (Lipinski definition) is 0. The van der Waals surface area contributed by atoms with E-state index in [1.807, 2.05) is 0 Å². The van der Waals surface area contributed by atoms with Crippen LogP contribution in [0, 0.1) is 29.3 Å². The standard InChI is InChI=1S/C10H9F4O.Sg/c1-10(2,3)15-9-7(13)5(11)4-6(12)8(9)14;/h1-3H3;/q-1;. The summed E-state index contributed by atoms with van der Waals surface area (Å²) in [4.78, 5) is 0. The number of hydrogen-bond acceptors (Lipinski definition) is 1. The molecule has 0 bridgehead atoms. The Labute approximate surface area is 84.7 Å². The molecular formula is C10H9F4OSg-. The van der Waals surface area contributed by atoms with Crippen molar-refractivity contribution in [2.24, 2.45) is 0 Å². The van der Waals surface area contributed by atoms with Crippen LogP contribution in [-0.2, 0) is 0 Å². The molecule has 0 heterocycles. The first-order valence-corrected chi connectivity index (χ1v) is 4.16. The maximum absolute atomic E-state index is 13.0. The first-order chi connectivity index (χ1) is 6.72. The van der Waals surface area contributed by atoms with Crippen molar-refractivity contribution in [2.45, 2.75) is 26.4 Å². The van der Waals surface area contributed by atoms with Crippen molar-refractivity contribution in [3.8, 4) is 5.75 Å². The van der Waals surface area contributed by atoms with Gasteiger partial charge in [-0.3, -0.25) is 8.78 Å². The fourth-order valence-corrected chi connectivity index (χ4v) is 0.898. The van der Waals surface area contributed by atoms with Crippen molar-refractivity contribution in [2.75, 3.05) is 0 Å². The van der Waals surface area contributed by atoms with E-state index in [0.717, 1.165) is 0 Å². The van der Waals surface area contributed by atoms with E-state index in [2.05, 4.69) is 0 Å². The Bertz CT molecular complexity index is 361. The van der Waals surface area contributed by atoms with Gasteiger partial charge in [-0.2, -0.15) is 0 Å². The molecular weight excluding hydrogens is 481 g/mol. The third-order valence-corrected chi connectivity index (χ3v) is 1.41. The third-order valence-electron chi connectivity index (χ3n) is 1.41. The van der Waals surface area contributed by atoms with Crippen LogP contribution in [0.5, 0.6) is 5.75 Å². The molecule has 0 atom stereocenters. The van der Waals surface area contributed by atoms with Gasteiger partial charge in [-0.25, -0.2) is 8.78 Å². The number of ether oxygens (including phenoxy) is 1. The first-order valence-electron chi connectivity index (χ1n) is 4.16. The van der Waals surface area contributed by atoms with Crippen molar-refractivity contribution >= 4 is 0 Å². The van der Waals surface area contributed by atoms with Crippen LogP contribution in [0.1, 0.15) is 20.8 Å². The van der Waals surface area contributed by atoms with Gasteiger partial charge in [0.05, 0.1) is 34.6 Å². The van der Waals surface area contributed by atoms with Gasteiger partial charge in [0.15, 0.2) is 0 Å². The number of rotatable bonds is 1. The van der Waals surface area contributed by atoms with Crippen LogP contribution < -0.4 is 4.74 Å². The Kier molecular flexibility index (Phi) is 3.51. The molecule has 0 aliphatic carbocycles.